The van der Waals surface area contributed by atoms with E-state index >= 15 is 0 Å². The van der Waals surface area contributed by atoms with Crippen LogP contribution in [0.25, 0.3) is 0 Å². The molecule has 1 atom stereocenters. The number of nitrogens with one attached hydrogen (secondary N) is 3. The van der Waals surface area contributed by atoms with Gasteiger partial charge in [0.05, 0.1) is 0 Å². The fraction of sp³-hybridized carbons (Fsp3) is 0.407. The average Bonchev–Trinajstić information content (AvgIpc) is 2.91. The minimum absolute atomic E-state index is 0.0489. The number of anilines is 3. The first-order valence-electron chi connectivity index (χ1n) is 12.8. The fourth-order valence-electron chi connectivity index (χ4n) is 4.56. The normalized spacial score (nSPS) is 18.2. The van der Waals surface area contributed by atoms with Crippen LogP contribution in [0.2, 0.25) is 0 Å². The van der Waals surface area contributed by atoms with Gasteiger partial charge in [-0.15, -0.1) is 13.2 Å². The predicted molar refractivity (Wildman–Crippen MR) is 142 cm³/mol. The molecule has 0 radical (unpaired) electrons. The Labute approximate surface area is 224 Å². The zero-order chi connectivity index (χ0) is 27.8. The van der Waals surface area contributed by atoms with Crippen LogP contribution in [-0.2, 0) is 11.3 Å². The van der Waals surface area contributed by atoms with Gasteiger partial charge in [0.2, 0.25) is 23.8 Å². The van der Waals surface area contributed by atoms with Gasteiger partial charge in [0.25, 0.3) is 0 Å². The number of alkyl halides is 3. The number of halogens is 3. The Morgan fingerprint density at radius 1 is 1.00 bits per heavy atom. The van der Waals surface area contributed by atoms with Crippen LogP contribution >= 0.6 is 0 Å². The van der Waals surface area contributed by atoms with Crippen molar-refractivity contribution in [1.82, 2.24) is 20.3 Å². The number of nitrogen functional groups attached to an aromatic ring is 1. The largest absolute Gasteiger partial charge is 0.573 e. The Morgan fingerprint density at radius 3 is 2.38 bits per heavy atom. The molecule has 5 N–H and O–H groups in total. The van der Waals surface area contributed by atoms with Crippen molar-refractivity contribution in [2.24, 2.45) is 5.92 Å². The molecule has 0 saturated heterocycles. The van der Waals surface area contributed by atoms with Crippen molar-refractivity contribution in [2.45, 2.75) is 57.5 Å². The number of rotatable bonds is 10. The lowest BCUT2D eigenvalue weighted by atomic mass is 9.85. The number of hydrogen-bond acceptors (Lipinski definition) is 8. The first kappa shape index (κ1) is 27.9. The van der Waals surface area contributed by atoms with Crippen molar-refractivity contribution in [2.75, 3.05) is 22.9 Å². The molecule has 1 saturated carbocycles. The average molecular weight is 544 g/mol. The molecule has 2 aromatic carbocycles. The third kappa shape index (κ3) is 8.45. The second-order valence-electron chi connectivity index (χ2n) is 9.60. The van der Waals surface area contributed by atoms with E-state index in [4.69, 9.17) is 5.73 Å². The summed E-state index contributed by atoms with van der Waals surface area (Å²) in [6, 6.07) is 15.9. The van der Waals surface area contributed by atoms with E-state index in [1.54, 1.807) is 6.07 Å². The number of para-hydroxylation sites is 1. The van der Waals surface area contributed by atoms with Crippen LogP contribution < -0.4 is 26.4 Å². The van der Waals surface area contributed by atoms with E-state index < -0.39 is 6.36 Å². The highest BCUT2D eigenvalue weighted by Crippen LogP contribution is 2.28. The molecular weight excluding hydrogens is 511 g/mol. The zero-order valence-corrected chi connectivity index (χ0v) is 21.5. The summed E-state index contributed by atoms with van der Waals surface area (Å²) < 4.78 is 42.0. The Hall–Kier alpha value is -4.09. The van der Waals surface area contributed by atoms with Gasteiger partial charge in [-0.3, -0.25) is 4.79 Å². The Balaban J connectivity index is 1.25. The Morgan fingerprint density at radius 2 is 1.67 bits per heavy atom. The van der Waals surface area contributed by atoms with E-state index in [9.17, 15) is 18.0 Å². The number of nitrogens with zero attached hydrogens (tertiary/aromatic N) is 3. The van der Waals surface area contributed by atoms with Crippen LogP contribution in [0.15, 0.2) is 54.6 Å². The summed E-state index contributed by atoms with van der Waals surface area (Å²) in [5, 5.41) is 9.26. The van der Waals surface area contributed by atoms with Crippen molar-refractivity contribution >= 4 is 23.8 Å². The molecular formula is C27H32F3N7O2. The van der Waals surface area contributed by atoms with Crippen LogP contribution in [0.5, 0.6) is 5.75 Å². The van der Waals surface area contributed by atoms with Gasteiger partial charge in [-0.2, -0.15) is 15.0 Å². The van der Waals surface area contributed by atoms with Crippen molar-refractivity contribution in [1.29, 1.82) is 0 Å². The number of aromatic nitrogens is 3. The second-order valence-corrected chi connectivity index (χ2v) is 9.60. The van der Waals surface area contributed by atoms with Gasteiger partial charge in [-0.1, -0.05) is 55.5 Å². The number of nitrogens with two attached hydrogens (primary N) is 1. The smallest absolute Gasteiger partial charge is 0.405 e. The number of amides is 1. The van der Waals surface area contributed by atoms with Crippen molar-refractivity contribution in [3.63, 3.8) is 0 Å². The summed E-state index contributed by atoms with van der Waals surface area (Å²) in [4.78, 5) is 25.5. The molecule has 0 spiro atoms. The minimum atomic E-state index is -4.80. The van der Waals surface area contributed by atoms with Gasteiger partial charge >= 0.3 is 6.36 Å². The zero-order valence-electron chi connectivity index (χ0n) is 21.5. The molecule has 208 valence electrons. The molecule has 1 aliphatic carbocycles. The molecule has 39 heavy (non-hydrogen) atoms. The van der Waals surface area contributed by atoms with Gasteiger partial charge in [0, 0.05) is 30.6 Å². The summed E-state index contributed by atoms with van der Waals surface area (Å²) in [7, 11) is 0. The number of carbonyl (C=O) groups excluding carboxylic acids is 1. The number of benzene rings is 2. The maximum atomic E-state index is 12.7. The molecule has 9 nitrogen and oxygen atoms in total. The molecule has 1 amide bonds. The van der Waals surface area contributed by atoms with Crippen LogP contribution in [0.3, 0.4) is 0 Å². The lowest BCUT2D eigenvalue weighted by Crippen LogP contribution is -2.36. The third-order valence-electron chi connectivity index (χ3n) is 6.67. The van der Waals surface area contributed by atoms with Crippen LogP contribution in [0.1, 0.15) is 49.7 Å². The number of hydrogen-bond donors (Lipinski definition) is 4. The Kier molecular flexibility index (Phi) is 9.05. The molecule has 1 aromatic heterocycles. The van der Waals surface area contributed by atoms with E-state index in [1.807, 2.05) is 18.2 Å². The SMILES string of the molecule is C[C@@H](CNc1nc(N)nc(NC2CCC(C(=O)NCc3ccccc3OC(F)(F)F)CC2)n1)c1ccccc1. The molecule has 4 rings (SSSR count). The van der Waals surface area contributed by atoms with E-state index in [0.29, 0.717) is 44.1 Å². The van der Waals surface area contributed by atoms with Crippen molar-refractivity contribution < 1.29 is 22.7 Å². The van der Waals surface area contributed by atoms with Gasteiger partial charge < -0.3 is 26.4 Å². The first-order valence-corrected chi connectivity index (χ1v) is 12.8. The monoisotopic (exact) mass is 543 g/mol. The summed E-state index contributed by atoms with van der Waals surface area (Å²) in [5.41, 5.74) is 7.36. The van der Waals surface area contributed by atoms with Crippen LogP contribution in [0.4, 0.5) is 31.0 Å². The first-order chi connectivity index (χ1) is 18.7. The maximum Gasteiger partial charge on any atom is 0.573 e. The molecule has 1 fully saturated rings. The highest BCUT2D eigenvalue weighted by molar-refractivity contribution is 5.78. The highest BCUT2D eigenvalue weighted by atomic mass is 19.4. The van der Waals surface area contributed by atoms with E-state index in [-0.39, 0.29) is 47.6 Å². The van der Waals surface area contributed by atoms with Crippen molar-refractivity contribution in [3.8, 4) is 5.75 Å². The lowest BCUT2D eigenvalue weighted by Gasteiger charge is -2.28. The molecule has 0 bridgehead atoms. The lowest BCUT2D eigenvalue weighted by molar-refractivity contribution is -0.274. The molecule has 3 aromatic rings. The van der Waals surface area contributed by atoms with E-state index in [0.717, 1.165) is 0 Å². The van der Waals surface area contributed by atoms with Crippen LogP contribution in [0, 0.1) is 5.92 Å². The maximum absolute atomic E-state index is 12.7. The summed E-state index contributed by atoms with van der Waals surface area (Å²) >= 11 is 0. The van der Waals surface area contributed by atoms with Crippen LogP contribution in [-0.4, -0.2) is 39.8 Å². The predicted octanol–water partition coefficient (Wildman–Crippen LogP) is 4.86. The van der Waals surface area contributed by atoms with Gasteiger partial charge in [-0.05, 0) is 43.2 Å². The minimum Gasteiger partial charge on any atom is -0.405 e. The standard InChI is InChI=1S/C27H32F3N7O2/c1-17(18-7-3-2-4-8-18)15-33-25-35-24(31)36-26(37-25)34-21-13-11-19(12-14-21)23(38)32-16-20-9-5-6-10-22(20)39-27(28,29)30/h2-10,17,19,21H,11-16H2,1H3,(H,32,38)(H4,31,33,34,35,36,37)/t17-,19?,21?/m0/s1. The summed E-state index contributed by atoms with van der Waals surface area (Å²) in [6.07, 6.45) is -2.17. The second kappa shape index (κ2) is 12.6. The third-order valence-corrected chi connectivity index (χ3v) is 6.67. The summed E-state index contributed by atoms with van der Waals surface area (Å²) in [6.45, 7) is 2.68. The molecule has 1 aliphatic rings. The van der Waals surface area contributed by atoms with E-state index in [1.165, 1.54) is 23.8 Å². The van der Waals surface area contributed by atoms with Crippen molar-refractivity contribution in [3.05, 3.63) is 65.7 Å². The van der Waals surface area contributed by atoms with Gasteiger partial charge in [0.15, 0.2) is 0 Å². The summed E-state index contributed by atoms with van der Waals surface area (Å²) in [5.74, 6) is 0.343. The fourth-order valence-corrected chi connectivity index (χ4v) is 4.56. The topological polar surface area (TPSA) is 127 Å². The highest BCUT2D eigenvalue weighted by Gasteiger charge is 2.32. The quantitative estimate of drug-likeness (QED) is 0.286. The Bertz CT molecular complexity index is 1240. The number of carbonyl (C=O) groups is 1. The molecule has 0 unspecified atom stereocenters. The van der Waals surface area contributed by atoms with Gasteiger partial charge in [0.1, 0.15) is 5.75 Å². The van der Waals surface area contributed by atoms with E-state index in [2.05, 4.69) is 54.7 Å². The number of ether oxygens (including phenoxy) is 1. The molecule has 1 heterocycles. The molecule has 12 heteroatoms. The molecule has 0 aliphatic heterocycles. The van der Waals surface area contributed by atoms with Gasteiger partial charge in [-0.25, -0.2) is 0 Å².